The standard InChI is InChI=1S/C23H14ClF2N5O2S/c24-18-8-14(25)3-1-13(18)10-33-20-6-4-15(9-19(20)26)27-23(32)17-11-34-21-7-12(2-5-16(17)21)22-28-30-31-29-22/h1-9,11H,10H2,(H,27,32)(H,28,29,30,31). The van der Waals surface area contributed by atoms with Crippen LogP contribution in [0.2, 0.25) is 5.02 Å². The zero-order valence-corrected chi connectivity index (χ0v) is 18.8. The van der Waals surface area contributed by atoms with E-state index in [-0.39, 0.29) is 29.0 Å². The van der Waals surface area contributed by atoms with Gasteiger partial charge in [-0.15, -0.1) is 16.4 Å². The van der Waals surface area contributed by atoms with E-state index in [1.54, 1.807) is 5.38 Å². The Morgan fingerprint density at radius 3 is 2.76 bits per heavy atom. The van der Waals surface area contributed by atoms with E-state index < -0.39 is 11.6 Å². The number of hydrogen-bond donors (Lipinski definition) is 2. The summed E-state index contributed by atoms with van der Waals surface area (Å²) in [6.45, 7) is -0.0330. The highest BCUT2D eigenvalue weighted by atomic mass is 35.5. The van der Waals surface area contributed by atoms with Crippen molar-refractivity contribution in [2.45, 2.75) is 6.61 Å². The van der Waals surface area contributed by atoms with Gasteiger partial charge in [-0.2, -0.15) is 0 Å². The number of H-pyrrole nitrogens is 1. The Hall–Kier alpha value is -3.89. The van der Waals surface area contributed by atoms with E-state index in [9.17, 15) is 13.6 Å². The molecule has 7 nitrogen and oxygen atoms in total. The molecule has 170 valence electrons. The lowest BCUT2D eigenvalue weighted by Crippen LogP contribution is -2.11. The van der Waals surface area contributed by atoms with Crippen LogP contribution >= 0.6 is 22.9 Å². The monoisotopic (exact) mass is 497 g/mol. The van der Waals surface area contributed by atoms with Crippen LogP contribution in [0.4, 0.5) is 14.5 Å². The van der Waals surface area contributed by atoms with Crippen LogP contribution < -0.4 is 10.1 Å². The molecule has 5 aromatic rings. The Morgan fingerprint density at radius 1 is 1.12 bits per heavy atom. The van der Waals surface area contributed by atoms with Gasteiger partial charge in [-0.25, -0.2) is 13.9 Å². The summed E-state index contributed by atoms with van der Waals surface area (Å²) in [6.07, 6.45) is 0. The van der Waals surface area contributed by atoms with Crippen molar-refractivity contribution in [1.82, 2.24) is 20.6 Å². The molecule has 0 atom stereocenters. The van der Waals surface area contributed by atoms with E-state index in [1.165, 1.54) is 41.7 Å². The molecule has 0 saturated carbocycles. The normalized spacial score (nSPS) is 11.0. The number of rotatable bonds is 6. The molecule has 0 bridgehead atoms. The van der Waals surface area contributed by atoms with E-state index in [0.29, 0.717) is 17.0 Å². The molecule has 0 saturated heterocycles. The van der Waals surface area contributed by atoms with Crippen molar-refractivity contribution in [3.8, 4) is 17.1 Å². The first kappa shape index (κ1) is 21.9. The molecule has 3 aromatic carbocycles. The highest BCUT2D eigenvalue weighted by Gasteiger charge is 2.15. The second-order valence-corrected chi connectivity index (χ2v) is 8.55. The van der Waals surface area contributed by atoms with E-state index in [2.05, 4.69) is 25.9 Å². The van der Waals surface area contributed by atoms with Gasteiger partial charge in [0.05, 0.1) is 10.6 Å². The minimum Gasteiger partial charge on any atom is -0.486 e. The van der Waals surface area contributed by atoms with E-state index in [1.807, 2.05) is 18.2 Å². The molecule has 0 aliphatic carbocycles. The summed E-state index contributed by atoms with van der Waals surface area (Å²) >= 11 is 7.38. The molecule has 11 heteroatoms. The number of hydrogen-bond acceptors (Lipinski definition) is 6. The third-order valence-corrected chi connectivity index (χ3v) is 6.32. The minimum atomic E-state index is -0.656. The fourth-order valence-corrected chi connectivity index (χ4v) is 4.52. The third kappa shape index (κ3) is 4.45. The summed E-state index contributed by atoms with van der Waals surface area (Å²) in [4.78, 5) is 12.8. The smallest absolute Gasteiger partial charge is 0.257 e. The van der Waals surface area contributed by atoms with Gasteiger partial charge in [0.15, 0.2) is 17.4 Å². The van der Waals surface area contributed by atoms with Gasteiger partial charge in [0.1, 0.15) is 12.4 Å². The van der Waals surface area contributed by atoms with Crippen molar-refractivity contribution in [3.05, 3.63) is 87.8 Å². The summed E-state index contributed by atoms with van der Waals surface area (Å²) in [5.41, 5.74) is 2.06. The van der Waals surface area contributed by atoms with E-state index in [0.717, 1.165) is 21.7 Å². The number of nitrogens with one attached hydrogen (secondary N) is 2. The number of carbonyl (C=O) groups excluding carboxylic acids is 1. The fraction of sp³-hybridized carbons (Fsp3) is 0.0435. The van der Waals surface area contributed by atoms with Crippen LogP contribution in [0.25, 0.3) is 21.5 Å². The quantitative estimate of drug-likeness (QED) is 0.307. The Morgan fingerprint density at radius 2 is 2.00 bits per heavy atom. The number of tetrazole rings is 1. The lowest BCUT2D eigenvalue weighted by atomic mass is 10.1. The maximum absolute atomic E-state index is 14.6. The number of aromatic nitrogens is 4. The average Bonchev–Trinajstić information content (AvgIpc) is 3.49. The number of anilines is 1. The van der Waals surface area contributed by atoms with Crippen molar-refractivity contribution >= 4 is 44.6 Å². The van der Waals surface area contributed by atoms with Gasteiger partial charge in [-0.1, -0.05) is 29.8 Å². The summed E-state index contributed by atoms with van der Waals surface area (Å²) < 4.78 is 34.1. The topological polar surface area (TPSA) is 92.8 Å². The molecule has 0 spiro atoms. The number of aromatic amines is 1. The van der Waals surface area contributed by atoms with Gasteiger partial charge in [0.25, 0.3) is 5.91 Å². The zero-order chi connectivity index (χ0) is 23.7. The van der Waals surface area contributed by atoms with Gasteiger partial charge in [-0.3, -0.25) is 4.79 Å². The molecule has 34 heavy (non-hydrogen) atoms. The largest absolute Gasteiger partial charge is 0.486 e. The molecule has 2 N–H and O–H groups in total. The van der Waals surface area contributed by atoms with Crippen LogP contribution in [0.15, 0.2) is 60.0 Å². The number of nitrogens with zero attached hydrogens (tertiary/aromatic N) is 3. The second-order valence-electron chi connectivity index (χ2n) is 7.23. The van der Waals surface area contributed by atoms with Crippen LogP contribution in [-0.4, -0.2) is 26.5 Å². The van der Waals surface area contributed by atoms with Crippen molar-refractivity contribution in [2.24, 2.45) is 0 Å². The molecule has 1 amide bonds. The fourth-order valence-electron chi connectivity index (χ4n) is 3.32. The lowest BCUT2D eigenvalue weighted by Gasteiger charge is -2.11. The molecular weight excluding hydrogens is 484 g/mol. The maximum Gasteiger partial charge on any atom is 0.257 e. The number of amides is 1. The highest BCUT2D eigenvalue weighted by molar-refractivity contribution is 7.17. The van der Waals surface area contributed by atoms with E-state index in [4.69, 9.17) is 16.3 Å². The number of ether oxygens (including phenoxy) is 1. The van der Waals surface area contributed by atoms with Gasteiger partial charge >= 0.3 is 0 Å². The predicted molar refractivity (Wildman–Crippen MR) is 125 cm³/mol. The van der Waals surface area contributed by atoms with Crippen LogP contribution in [0, 0.1) is 11.6 Å². The summed E-state index contributed by atoms with van der Waals surface area (Å²) in [5.74, 6) is -0.983. The van der Waals surface area contributed by atoms with Gasteiger partial charge in [0, 0.05) is 38.3 Å². The Bertz CT molecular complexity index is 1510. The van der Waals surface area contributed by atoms with Gasteiger partial charge < -0.3 is 10.1 Å². The molecule has 0 radical (unpaired) electrons. The maximum atomic E-state index is 14.6. The minimum absolute atomic E-state index is 0.0196. The lowest BCUT2D eigenvalue weighted by molar-refractivity contribution is 0.102. The number of halogens is 3. The number of fused-ring (bicyclic) bond motifs is 1. The number of carbonyl (C=O) groups is 1. The van der Waals surface area contributed by atoms with Crippen molar-refractivity contribution < 1.29 is 18.3 Å². The Balaban J connectivity index is 1.29. The summed E-state index contributed by atoms with van der Waals surface area (Å²) in [6, 6.07) is 13.5. The average molecular weight is 498 g/mol. The zero-order valence-electron chi connectivity index (χ0n) is 17.2. The first-order chi connectivity index (χ1) is 16.5. The molecule has 0 unspecified atom stereocenters. The first-order valence-corrected chi connectivity index (χ1v) is 11.2. The number of benzene rings is 3. The van der Waals surface area contributed by atoms with Crippen LogP contribution in [0.1, 0.15) is 15.9 Å². The molecule has 2 aromatic heterocycles. The predicted octanol–water partition coefficient (Wildman–Crippen LogP) is 5.84. The first-order valence-electron chi connectivity index (χ1n) is 9.91. The van der Waals surface area contributed by atoms with Crippen molar-refractivity contribution in [3.63, 3.8) is 0 Å². The van der Waals surface area contributed by atoms with Crippen LogP contribution in [-0.2, 0) is 6.61 Å². The van der Waals surface area contributed by atoms with Crippen LogP contribution in [0.3, 0.4) is 0 Å². The Labute approximate surface area is 200 Å². The van der Waals surface area contributed by atoms with Crippen molar-refractivity contribution in [1.29, 1.82) is 0 Å². The molecule has 2 heterocycles. The molecule has 5 rings (SSSR count). The van der Waals surface area contributed by atoms with Gasteiger partial charge in [0.2, 0.25) is 0 Å². The SMILES string of the molecule is O=C(Nc1ccc(OCc2ccc(F)cc2Cl)c(F)c1)c1csc2cc(-c3nnn[nH]3)ccc12. The molecule has 0 aliphatic heterocycles. The summed E-state index contributed by atoms with van der Waals surface area (Å²) in [7, 11) is 0. The molecule has 0 fully saturated rings. The van der Waals surface area contributed by atoms with Crippen LogP contribution in [0.5, 0.6) is 5.75 Å². The third-order valence-electron chi connectivity index (χ3n) is 5.03. The highest BCUT2D eigenvalue weighted by Crippen LogP contribution is 2.31. The van der Waals surface area contributed by atoms with Crippen molar-refractivity contribution in [2.75, 3.05) is 5.32 Å². The Kier molecular flexibility index (Phi) is 5.91. The number of thiophene rings is 1. The second kappa shape index (κ2) is 9.16. The van der Waals surface area contributed by atoms with Gasteiger partial charge in [-0.05, 0) is 40.8 Å². The van der Waals surface area contributed by atoms with E-state index >= 15 is 0 Å². The summed E-state index contributed by atoms with van der Waals surface area (Å²) in [5, 5.41) is 19.1. The molecule has 0 aliphatic rings. The molecular formula is C23H14ClF2N5O2S.